The van der Waals surface area contributed by atoms with Crippen LogP contribution < -0.4 is 10.6 Å². The lowest BCUT2D eigenvalue weighted by Crippen LogP contribution is -2.38. The highest BCUT2D eigenvalue weighted by Crippen LogP contribution is 2.46. The van der Waals surface area contributed by atoms with Gasteiger partial charge in [-0.25, -0.2) is 4.79 Å². The van der Waals surface area contributed by atoms with Crippen LogP contribution >= 0.6 is 11.6 Å². The first-order valence-electron chi connectivity index (χ1n) is 5.97. The van der Waals surface area contributed by atoms with Gasteiger partial charge in [-0.2, -0.15) is 0 Å². The van der Waals surface area contributed by atoms with E-state index in [1.807, 2.05) is 0 Å². The highest BCUT2D eigenvalue weighted by atomic mass is 35.5. The van der Waals surface area contributed by atoms with E-state index in [4.69, 9.17) is 16.7 Å². The van der Waals surface area contributed by atoms with Crippen molar-refractivity contribution in [3.05, 3.63) is 28.8 Å². The molecule has 1 aromatic carbocycles. The molecule has 2 amide bonds. The van der Waals surface area contributed by atoms with Gasteiger partial charge in [-0.05, 0) is 31.0 Å². The van der Waals surface area contributed by atoms with Crippen LogP contribution in [0.4, 0.5) is 5.69 Å². The number of carbonyl (C=O) groups excluding carboxylic acids is 2. The number of aromatic carboxylic acids is 1. The van der Waals surface area contributed by atoms with Crippen molar-refractivity contribution in [2.45, 2.75) is 12.8 Å². The Morgan fingerprint density at radius 2 is 1.90 bits per heavy atom. The monoisotopic (exact) mass is 296 g/mol. The van der Waals surface area contributed by atoms with Crippen LogP contribution in [0.2, 0.25) is 5.02 Å². The van der Waals surface area contributed by atoms with Crippen LogP contribution in [0.15, 0.2) is 18.2 Å². The predicted octanol–water partition coefficient (Wildman–Crippen LogP) is 1.50. The van der Waals surface area contributed by atoms with Crippen LogP contribution in [0.5, 0.6) is 0 Å². The molecule has 0 heterocycles. The molecule has 7 heteroatoms. The largest absolute Gasteiger partial charge is 0.478 e. The van der Waals surface area contributed by atoms with Crippen molar-refractivity contribution < 1.29 is 19.5 Å². The molecule has 0 aliphatic heterocycles. The van der Waals surface area contributed by atoms with Gasteiger partial charge in [0, 0.05) is 12.7 Å². The summed E-state index contributed by atoms with van der Waals surface area (Å²) in [5, 5.41) is 13.9. The first-order chi connectivity index (χ1) is 9.40. The minimum Gasteiger partial charge on any atom is -0.478 e. The molecule has 106 valence electrons. The molecule has 1 aromatic rings. The Kier molecular flexibility index (Phi) is 3.67. The second kappa shape index (κ2) is 5.13. The molecular weight excluding hydrogens is 284 g/mol. The molecule has 0 unspecified atom stereocenters. The third-order valence-electron chi connectivity index (χ3n) is 3.30. The first kappa shape index (κ1) is 14.3. The lowest BCUT2D eigenvalue weighted by molar-refractivity contribution is -0.134. The van der Waals surface area contributed by atoms with Gasteiger partial charge in [0.2, 0.25) is 11.8 Å². The third-order valence-corrected chi connectivity index (χ3v) is 3.62. The van der Waals surface area contributed by atoms with Gasteiger partial charge in [-0.1, -0.05) is 11.6 Å². The minimum atomic E-state index is -1.14. The normalized spacial score (nSPS) is 15.3. The van der Waals surface area contributed by atoms with Crippen LogP contribution in [-0.4, -0.2) is 29.9 Å². The average Bonchev–Trinajstić information content (AvgIpc) is 3.19. The minimum absolute atomic E-state index is 0.0279. The van der Waals surface area contributed by atoms with E-state index in [-0.39, 0.29) is 16.5 Å². The van der Waals surface area contributed by atoms with Gasteiger partial charge in [0.25, 0.3) is 0 Å². The van der Waals surface area contributed by atoms with Gasteiger partial charge in [0.15, 0.2) is 0 Å². The Labute approximate surface area is 120 Å². The predicted molar refractivity (Wildman–Crippen MR) is 72.8 cm³/mol. The van der Waals surface area contributed by atoms with Crippen LogP contribution in [-0.2, 0) is 9.59 Å². The van der Waals surface area contributed by atoms with Gasteiger partial charge in [0.1, 0.15) is 5.41 Å². The molecule has 1 saturated carbocycles. The zero-order valence-corrected chi connectivity index (χ0v) is 11.5. The Bertz CT molecular complexity index is 596. The Hall–Kier alpha value is -2.08. The summed E-state index contributed by atoms with van der Waals surface area (Å²) < 4.78 is 0. The number of anilines is 1. The van der Waals surface area contributed by atoms with E-state index in [0.717, 1.165) is 0 Å². The highest BCUT2D eigenvalue weighted by molar-refractivity contribution is 6.33. The van der Waals surface area contributed by atoms with Crippen LogP contribution in [0, 0.1) is 5.41 Å². The van der Waals surface area contributed by atoms with Gasteiger partial charge in [0.05, 0.1) is 10.6 Å². The van der Waals surface area contributed by atoms with Crippen LogP contribution in [0.25, 0.3) is 0 Å². The van der Waals surface area contributed by atoms with Gasteiger partial charge in [-0.3, -0.25) is 9.59 Å². The van der Waals surface area contributed by atoms with Crippen molar-refractivity contribution in [1.29, 1.82) is 0 Å². The smallest absolute Gasteiger partial charge is 0.337 e. The lowest BCUT2D eigenvalue weighted by atomic mass is 10.1. The van der Waals surface area contributed by atoms with Crippen molar-refractivity contribution in [2.24, 2.45) is 5.41 Å². The highest BCUT2D eigenvalue weighted by Gasteiger charge is 2.56. The standard InChI is InChI=1S/C13H13ClN2O4/c1-15-11(19)13(4-5-13)12(20)16-7-2-3-8(10(17)18)9(14)6-7/h2-3,6H,4-5H2,1H3,(H,15,19)(H,16,20)(H,17,18). The van der Waals surface area contributed by atoms with E-state index >= 15 is 0 Å². The maximum absolute atomic E-state index is 12.1. The molecule has 1 aliphatic carbocycles. The molecule has 0 spiro atoms. The topological polar surface area (TPSA) is 95.5 Å². The van der Waals surface area contributed by atoms with Gasteiger partial charge < -0.3 is 15.7 Å². The number of carboxylic acids is 1. The maximum atomic E-state index is 12.1. The average molecular weight is 297 g/mol. The number of halogens is 1. The molecule has 0 radical (unpaired) electrons. The fraction of sp³-hybridized carbons (Fsp3) is 0.308. The zero-order chi connectivity index (χ0) is 14.9. The lowest BCUT2D eigenvalue weighted by Gasteiger charge is -2.14. The van der Waals surface area contributed by atoms with E-state index in [9.17, 15) is 14.4 Å². The quantitative estimate of drug-likeness (QED) is 0.734. The number of benzene rings is 1. The Balaban J connectivity index is 2.15. The summed E-state index contributed by atoms with van der Waals surface area (Å²) in [5.41, 5.74) is -0.690. The Morgan fingerprint density at radius 3 is 2.35 bits per heavy atom. The number of amides is 2. The summed E-state index contributed by atoms with van der Waals surface area (Å²) in [7, 11) is 1.48. The second-order valence-electron chi connectivity index (χ2n) is 4.62. The number of nitrogens with one attached hydrogen (secondary N) is 2. The summed E-state index contributed by atoms with van der Waals surface area (Å²) in [5.74, 6) is -1.86. The van der Waals surface area contributed by atoms with Crippen molar-refractivity contribution in [3.63, 3.8) is 0 Å². The molecule has 6 nitrogen and oxygen atoms in total. The van der Waals surface area contributed by atoms with Crippen molar-refractivity contribution in [3.8, 4) is 0 Å². The second-order valence-corrected chi connectivity index (χ2v) is 5.02. The number of rotatable bonds is 4. The Morgan fingerprint density at radius 1 is 1.25 bits per heavy atom. The summed E-state index contributed by atoms with van der Waals surface area (Å²) in [4.78, 5) is 34.6. The molecule has 20 heavy (non-hydrogen) atoms. The SMILES string of the molecule is CNC(=O)C1(C(=O)Nc2ccc(C(=O)O)c(Cl)c2)CC1. The fourth-order valence-corrected chi connectivity index (χ4v) is 2.20. The molecule has 0 aromatic heterocycles. The summed E-state index contributed by atoms with van der Waals surface area (Å²) >= 11 is 5.82. The van der Waals surface area contributed by atoms with Crippen molar-refractivity contribution >= 4 is 35.1 Å². The van der Waals surface area contributed by atoms with E-state index in [1.54, 1.807) is 0 Å². The van der Waals surface area contributed by atoms with E-state index < -0.39 is 17.3 Å². The summed E-state index contributed by atoms with van der Waals surface area (Å²) in [6, 6.07) is 4.09. The number of hydrogen-bond acceptors (Lipinski definition) is 3. The van der Waals surface area contributed by atoms with Gasteiger partial charge in [-0.15, -0.1) is 0 Å². The summed E-state index contributed by atoms with van der Waals surface area (Å²) in [6.07, 6.45) is 0.999. The molecule has 1 fully saturated rings. The first-order valence-corrected chi connectivity index (χ1v) is 6.35. The molecule has 1 aliphatic rings. The number of hydrogen-bond donors (Lipinski definition) is 3. The zero-order valence-electron chi connectivity index (χ0n) is 10.7. The summed E-state index contributed by atoms with van der Waals surface area (Å²) in [6.45, 7) is 0. The fourth-order valence-electron chi connectivity index (χ4n) is 1.94. The van der Waals surface area contributed by atoms with Gasteiger partial charge >= 0.3 is 5.97 Å². The van der Waals surface area contributed by atoms with E-state index in [1.165, 1.54) is 25.2 Å². The van der Waals surface area contributed by atoms with E-state index in [0.29, 0.717) is 18.5 Å². The molecule has 2 rings (SSSR count). The van der Waals surface area contributed by atoms with Crippen LogP contribution in [0.3, 0.4) is 0 Å². The maximum Gasteiger partial charge on any atom is 0.337 e. The molecule has 3 N–H and O–H groups in total. The van der Waals surface area contributed by atoms with Crippen molar-refractivity contribution in [1.82, 2.24) is 5.32 Å². The third kappa shape index (κ3) is 2.46. The van der Waals surface area contributed by atoms with Crippen molar-refractivity contribution in [2.75, 3.05) is 12.4 Å². The molecule has 0 saturated heterocycles. The van der Waals surface area contributed by atoms with Crippen LogP contribution in [0.1, 0.15) is 23.2 Å². The number of carboxylic acid groups (broad SMARTS) is 1. The molecule has 0 atom stereocenters. The van der Waals surface area contributed by atoms with E-state index in [2.05, 4.69) is 10.6 Å². The molecular formula is C13H13ClN2O4. The number of carbonyl (C=O) groups is 3. The molecule has 0 bridgehead atoms.